The minimum Gasteiger partial charge on any atom is -0.426 e. The predicted octanol–water partition coefficient (Wildman–Crippen LogP) is 4.34. The van der Waals surface area contributed by atoms with Crippen molar-refractivity contribution >= 4 is 17.7 Å². The summed E-state index contributed by atoms with van der Waals surface area (Å²) in [5, 5.41) is 26.0. The monoisotopic (exact) mass is 423 g/mol. The first-order valence-corrected chi connectivity index (χ1v) is 10.3. The van der Waals surface area contributed by atoms with E-state index in [0.29, 0.717) is 22.3 Å². The van der Waals surface area contributed by atoms with Crippen LogP contribution in [0.1, 0.15) is 55.1 Å². The quantitative estimate of drug-likeness (QED) is 0.493. The summed E-state index contributed by atoms with van der Waals surface area (Å²) in [5.74, 6) is -0.667. The molecule has 31 heavy (non-hydrogen) atoms. The van der Waals surface area contributed by atoms with Crippen LogP contribution in [0.5, 0.6) is 0 Å². The van der Waals surface area contributed by atoms with Gasteiger partial charge in [-0.15, -0.1) is 0 Å². The molecule has 162 valence electrons. The number of nitrogens with one attached hydrogen (secondary N) is 2. The smallest absolute Gasteiger partial charge is 0.255 e. The van der Waals surface area contributed by atoms with Crippen LogP contribution >= 0.6 is 0 Å². The Kier molecular flexibility index (Phi) is 5.17. The Morgan fingerprint density at radius 1 is 1.19 bits per heavy atom. The fourth-order valence-electron chi connectivity index (χ4n) is 4.51. The summed E-state index contributed by atoms with van der Waals surface area (Å²) in [5.41, 5.74) is 1.46. The van der Waals surface area contributed by atoms with Crippen molar-refractivity contribution in [2.24, 2.45) is 5.92 Å². The molecular formula is C24H26FN3O3. The van der Waals surface area contributed by atoms with Crippen molar-refractivity contribution in [3.05, 3.63) is 58.9 Å². The second-order valence-corrected chi connectivity index (χ2v) is 8.88. The van der Waals surface area contributed by atoms with Crippen LogP contribution in [-0.2, 0) is 11.3 Å². The van der Waals surface area contributed by atoms with Gasteiger partial charge in [-0.05, 0) is 61.9 Å². The minimum atomic E-state index is -1.08. The van der Waals surface area contributed by atoms with E-state index in [9.17, 15) is 14.3 Å². The molecule has 6 nitrogen and oxygen atoms in total. The molecule has 0 bridgehead atoms. The molecule has 0 radical (unpaired) electrons. The van der Waals surface area contributed by atoms with Gasteiger partial charge in [0.05, 0.1) is 23.8 Å². The van der Waals surface area contributed by atoms with E-state index in [1.807, 2.05) is 0 Å². The van der Waals surface area contributed by atoms with Crippen LogP contribution in [-0.4, -0.2) is 39.4 Å². The maximum atomic E-state index is 14.7. The molecule has 1 heterocycles. The summed E-state index contributed by atoms with van der Waals surface area (Å²) >= 11 is 0. The highest BCUT2D eigenvalue weighted by Crippen LogP contribution is 2.44. The maximum Gasteiger partial charge on any atom is 0.255 e. The van der Waals surface area contributed by atoms with Gasteiger partial charge in [0.2, 0.25) is 5.90 Å². The average Bonchev–Trinajstić information content (AvgIpc) is 3.45. The molecule has 2 aromatic rings. The van der Waals surface area contributed by atoms with Crippen LogP contribution in [0.2, 0.25) is 0 Å². The van der Waals surface area contributed by atoms with Crippen molar-refractivity contribution in [2.45, 2.75) is 51.8 Å². The second kappa shape index (κ2) is 7.57. The molecule has 3 N–H and O–H groups in total. The Hall–Kier alpha value is -3.06. The summed E-state index contributed by atoms with van der Waals surface area (Å²) in [6.07, 6.45) is 1.91. The van der Waals surface area contributed by atoms with Gasteiger partial charge in [-0.25, -0.2) is 4.39 Å². The highest BCUT2D eigenvalue weighted by Gasteiger charge is 2.48. The van der Waals surface area contributed by atoms with Crippen molar-refractivity contribution in [1.29, 1.82) is 10.8 Å². The first kappa shape index (κ1) is 21.2. The van der Waals surface area contributed by atoms with Crippen LogP contribution in [0.3, 0.4) is 0 Å². The fraction of sp³-hybridized carbons (Fsp3) is 0.375. The van der Waals surface area contributed by atoms with Crippen LogP contribution in [0.25, 0.3) is 11.1 Å². The number of nitrogens with zero attached hydrogens (tertiary/aromatic N) is 1. The number of carbonyl (C=O) groups excluding carboxylic acids is 1. The number of hydrogen-bond acceptors (Lipinski definition) is 5. The molecule has 2 aliphatic rings. The van der Waals surface area contributed by atoms with E-state index >= 15 is 0 Å². The highest BCUT2D eigenvalue weighted by atomic mass is 19.1. The van der Waals surface area contributed by atoms with E-state index in [1.54, 1.807) is 49.1 Å². The first-order valence-electron chi connectivity index (χ1n) is 10.3. The fourth-order valence-corrected chi connectivity index (χ4v) is 4.51. The Bertz CT molecular complexity index is 1070. The number of hydrogen-bond donors (Lipinski definition) is 3. The molecular weight excluding hydrogens is 397 g/mol. The molecule has 2 aromatic carbocycles. The number of amides is 1. The molecule has 1 unspecified atom stereocenters. The number of ether oxygens (including phenoxy) is 1. The largest absolute Gasteiger partial charge is 0.426 e. The number of benzene rings is 2. The van der Waals surface area contributed by atoms with E-state index in [-0.39, 0.29) is 36.2 Å². The number of halogens is 1. The Labute approximate surface area is 180 Å². The Balaban J connectivity index is 1.70. The summed E-state index contributed by atoms with van der Waals surface area (Å²) in [7, 11) is 0. The lowest BCUT2D eigenvalue weighted by Crippen LogP contribution is -2.51. The summed E-state index contributed by atoms with van der Waals surface area (Å²) in [6, 6.07) is 9.48. The Morgan fingerprint density at radius 3 is 2.39 bits per heavy atom. The van der Waals surface area contributed by atoms with Gasteiger partial charge in [-0.1, -0.05) is 18.2 Å². The lowest BCUT2D eigenvalue weighted by atomic mass is 9.92. The molecule has 7 heteroatoms. The van der Waals surface area contributed by atoms with Crippen molar-refractivity contribution in [1.82, 2.24) is 4.90 Å². The normalized spacial score (nSPS) is 16.8. The van der Waals surface area contributed by atoms with Gasteiger partial charge in [-0.3, -0.25) is 15.6 Å². The zero-order valence-corrected chi connectivity index (χ0v) is 17.8. The molecule has 1 fully saturated rings. The molecule has 1 aliphatic carbocycles. The lowest BCUT2D eigenvalue weighted by Gasteiger charge is -2.37. The Morgan fingerprint density at radius 2 is 1.84 bits per heavy atom. The van der Waals surface area contributed by atoms with E-state index in [2.05, 4.69) is 0 Å². The van der Waals surface area contributed by atoms with Gasteiger partial charge in [-0.2, -0.15) is 0 Å². The number of carbonyl (C=O) groups is 1. The van der Waals surface area contributed by atoms with Crippen LogP contribution < -0.4 is 0 Å². The van der Waals surface area contributed by atoms with Crippen molar-refractivity contribution in [2.75, 3.05) is 0 Å². The van der Waals surface area contributed by atoms with Crippen LogP contribution in [0.4, 0.5) is 4.39 Å². The molecule has 1 saturated carbocycles. The lowest BCUT2D eigenvalue weighted by molar-refractivity contribution is -0.0225. The molecule has 0 spiro atoms. The molecule has 1 atom stereocenters. The van der Waals surface area contributed by atoms with E-state index in [0.717, 1.165) is 18.4 Å². The molecule has 0 aromatic heterocycles. The van der Waals surface area contributed by atoms with Crippen LogP contribution in [0, 0.1) is 22.6 Å². The van der Waals surface area contributed by atoms with Gasteiger partial charge in [0.1, 0.15) is 5.82 Å². The average molecular weight is 423 g/mol. The standard InChI is InChI=1S/C24H26FN3O3/c1-13(26)31-22(27)16-8-4-14(5-9-16)17-10-11-19(25)18-12-28(23(29)20(17)18)21(15-6-7-15)24(2,3)30/h4-5,8-11,15,21,26-27,30H,6-7,12H2,1-3H3. The van der Waals surface area contributed by atoms with Crippen molar-refractivity contribution < 1.29 is 19.0 Å². The zero-order chi connectivity index (χ0) is 22.5. The number of aliphatic hydroxyl groups is 1. The maximum absolute atomic E-state index is 14.7. The van der Waals surface area contributed by atoms with Gasteiger partial charge in [0.25, 0.3) is 5.91 Å². The zero-order valence-electron chi connectivity index (χ0n) is 17.8. The first-order chi connectivity index (χ1) is 14.6. The second-order valence-electron chi connectivity index (χ2n) is 8.88. The highest BCUT2D eigenvalue weighted by molar-refractivity contribution is 6.05. The number of rotatable bonds is 5. The molecule has 1 amide bonds. The predicted molar refractivity (Wildman–Crippen MR) is 116 cm³/mol. The van der Waals surface area contributed by atoms with Gasteiger partial charge >= 0.3 is 0 Å². The summed E-state index contributed by atoms with van der Waals surface area (Å²) in [4.78, 5) is 15.1. The molecule has 4 rings (SSSR count). The minimum absolute atomic E-state index is 0.0758. The van der Waals surface area contributed by atoms with Crippen molar-refractivity contribution in [3.63, 3.8) is 0 Å². The van der Waals surface area contributed by atoms with Gasteiger partial charge < -0.3 is 14.7 Å². The summed E-state index contributed by atoms with van der Waals surface area (Å²) < 4.78 is 19.7. The topological polar surface area (TPSA) is 97.5 Å². The third kappa shape index (κ3) is 3.97. The van der Waals surface area contributed by atoms with E-state index < -0.39 is 11.4 Å². The van der Waals surface area contributed by atoms with Gasteiger partial charge in [0.15, 0.2) is 5.90 Å². The summed E-state index contributed by atoms with van der Waals surface area (Å²) in [6.45, 7) is 5.00. The molecule has 0 saturated heterocycles. The van der Waals surface area contributed by atoms with Crippen LogP contribution in [0.15, 0.2) is 36.4 Å². The third-order valence-corrected chi connectivity index (χ3v) is 5.90. The number of fused-ring (bicyclic) bond motifs is 1. The van der Waals surface area contributed by atoms with E-state index in [1.165, 1.54) is 13.0 Å². The van der Waals surface area contributed by atoms with Crippen molar-refractivity contribution in [3.8, 4) is 11.1 Å². The SMILES string of the molecule is CC(=N)OC(=N)c1ccc(-c2ccc(F)c3c2C(=O)N(C(C2CC2)C(C)(C)O)C3)cc1. The van der Waals surface area contributed by atoms with E-state index in [4.69, 9.17) is 15.6 Å². The molecule has 1 aliphatic heterocycles. The third-order valence-electron chi connectivity index (χ3n) is 5.90. The van der Waals surface area contributed by atoms with Gasteiger partial charge in [0, 0.05) is 18.1 Å².